The molecule has 6 heteroatoms. The first-order chi connectivity index (χ1) is 9.86. The molecule has 0 heterocycles. The standard InChI is InChI=1S/C15H15N3O2S/c1-11-8-13(17)6-7-15(11)21(19,20)18(2)14-5-3-4-12(9-14)10-16/h3-9H,17H2,1-2H3. The van der Waals surface area contributed by atoms with Crippen molar-refractivity contribution < 1.29 is 8.42 Å². The van der Waals surface area contributed by atoms with Crippen LogP contribution in [0.5, 0.6) is 0 Å². The van der Waals surface area contributed by atoms with Crippen molar-refractivity contribution in [2.75, 3.05) is 17.1 Å². The van der Waals surface area contributed by atoms with Gasteiger partial charge in [-0.25, -0.2) is 8.42 Å². The van der Waals surface area contributed by atoms with Crippen LogP contribution in [0.25, 0.3) is 0 Å². The number of nitrogens with two attached hydrogens (primary N) is 1. The quantitative estimate of drug-likeness (QED) is 0.881. The Kier molecular flexibility index (Phi) is 3.87. The van der Waals surface area contributed by atoms with E-state index in [0.717, 1.165) is 4.31 Å². The second kappa shape index (κ2) is 5.46. The molecule has 0 bridgehead atoms. The second-order valence-corrected chi connectivity index (χ2v) is 6.60. The lowest BCUT2D eigenvalue weighted by Gasteiger charge is -2.21. The maximum atomic E-state index is 12.7. The summed E-state index contributed by atoms with van der Waals surface area (Å²) in [7, 11) is -2.24. The Morgan fingerprint density at radius 1 is 1.19 bits per heavy atom. The van der Waals surface area contributed by atoms with Crippen molar-refractivity contribution in [1.82, 2.24) is 0 Å². The van der Waals surface area contributed by atoms with Gasteiger partial charge in [-0.2, -0.15) is 5.26 Å². The van der Waals surface area contributed by atoms with E-state index in [2.05, 4.69) is 0 Å². The van der Waals surface area contributed by atoms with Crippen molar-refractivity contribution in [3.63, 3.8) is 0 Å². The van der Waals surface area contributed by atoms with Crippen LogP contribution in [0.2, 0.25) is 0 Å². The first kappa shape index (κ1) is 14.9. The lowest BCUT2D eigenvalue weighted by atomic mass is 10.2. The van der Waals surface area contributed by atoms with Crippen LogP contribution in [0.4, 0.5) is 11.4 Å². The van der Waals surface area contributed by atoms with Crippen molar-refractivity contribution in [2.45, 2.75) is 11.8 Å². The van der Waals surface area contributed by atoms with E-state index in [1.165, 1.54) is 19.2 Å². The summed E-state index contributed by atoms with van der Waals surface area (Å²) in [6.07, 6.45) is 0. The molecule has 0 aromatic heterocycles. The van der Waals surface area contributed by atoms with Gasteiger partial charge >= 0.3 is 0 Å². The Morgan fingerprint density at radius 2 is 1.90 bits per heavy atom. The number of sulfonamides is 1. The molecule has 108 valence electrons. The summed E-state index contributed by atoms with van der Waals surface area (Å²) in [5.41, 5.74) is 7.59. The topological polar surface area (TPSA) is 87.2 Å². The molecule has 0 fully saturated rings. The van der Waals surface area contributed by atoms with Crippen LogP contribution in [0.1, 0.15) is 11.1 Å². The Bertz CT molecular complexity index is 823. The molecular formula is C15H15N3O2S. The number of rotatable bonds is 3. The molecule has 0 atom stereocenters. The number of nitrogen functional groups attached to an aromatic ring is 1. The summed E-state index contributed by atoms with van der Waals surface area (Å²) in [4.78, 5) is 0.196. The number of aryl methyl sites for hydroxylation is 1. The number of hydrogen-bond acceptors (Lipinski definition) is 4. The third-order valence-electron chi connectivity index (χ3n) is 3.18. The van der Waals surface area contributed by atoms with Gasteiger partial charge in [0, 0.05) is 12.7 Å². The predicted molar refractivity (Wildman–Crippen MR) is 82.3 cm³/mol. The van der Waals surface area contributed by atoms with E-state index < -0.39 is 10.0 Å². The van der Waals surface area contributed by atoms with E-state index >= 15 is 0 Å². The Labute approximate surface area is 124 Å². The van der Waals surface area contributed by atoms with E-state index in [1.54, 1.807) is 37.3 Å². The van der Waals surface area contributed by atoms with E-state index in [1.807, 2.05) is 6.07 Å². The summed E-state index contributed by atoms with van der Waals surface area (Å²) in [6, 6.07) is 13.1. The van der Waals surface area contributed by atoms with Crippen molar-refractivity contribution in [1.29, 1.82) is 5.26 Å². The van der Waals surface area contributed by atoms with Gasteiger partial charge in [0.05, 0.1) is 22.2 Å². The van der Waals surface area contributed by atoms with Crippen molar-refractivity contribution in [2.24, 2.45) is 0 Å². The maximum Gasteiger partial charge on any atom is 0.264 e. The van der Waals surface area contributed by atoms with Gasteiger partial charge in [0.25, 0.3) is 10.0 Å². The molecule has 5 nitrogen and oxygen atoms in total. The highest BCUT2D eigenvalue weighted by molar-refractivity contribution is 7.92. The van der Waals surface area contributed by atoms with Crippen LogP contribution < -0.4 is 10.0 Å². The van der Waals surface area contributed by atoms with Crippen molar-refractivity contribution >= 4 is 21.4 Å². The Morgan fingerprint density at radius 3 is 2.52 bits per heavy atom. The molecule has 2 aromatic carbocycles. The fraction of sp³-hybridized carbons (Fsp3) is 0.133. The normalized spacial score (nSPS) is 10.9. The predicted octanol–water partition coefficient (Wildman–Crippen LogP) is 2.27. The molecule has 0 unspecified atom stereocenters. The maximum absolute atomic E-state index is 12.7. The molecule has 0 aliphatic heterocycles. The molecule has 0 aliphatic carbocycles. The average Bonchev–Trinajstić information content (AvgIpc) is 2.46. The summed E-state index contributed by atoms with van der Waals surface area (Å²) in [5, 5.41) is 8.91. The number of nitriles is 1. The van der Waals surface area contributed by atoms with Crippen LogP contribution >= 0.6 is 0 Å². The average molecular weight is 301 g/mol. The van der Waals surface area contributed by atoms with E-state index in [0.29, 0.717) is 22.5 Å². The minimum Gasteiger partial charge on any atom is -0.399 e. The zero-order valence-corrected chi connectivity index (χ0v) is 12.6. The first-order valence-electron chi connectivity index (χ1n) is 6.21. The third kappa shape index (κ3) is 2.83. The Hall–Kier alpha value is -2.52. The van der Waals surface area contributed by atoms with Gasteiger partial charge in [-0.3, -0.25) is 4.31 Å². The molecule has 0 radical (unpaired) electrons. The highest BCUT2D eigenvalue weighted by Gasteiger charge is 2.23. The zero-order chi connectivity index (χ0) is 15.6. The summed E-state index contributed by atoms with van der Waals surface area (Å²) in [6.45, 7) is 1.70. The highest BCUT2D eigenvalue weighted by Crippen LogP contribution is 2.25. The smallest absolute Gasteiger partial charge is 0.264 e. The van der Waals surface area contributed by atoms with Crippen LogP contribution in [0.15, 0.2) is 47.4 Å². The largest absolute Gasteiger partial charge is 0.399 e. The second-order valence-electron chi connectivity index (χ2n) is 4.66. The number of nitrogens with zero attached hydrogens (tertiary/aromatic N) is 2. The molecule has 2 rings (SSSR count). The van der Waals surface area contributed by atoms with Crippen molar-refractivity contribution in [3.05, 3.63) is 53.6 Å². The Balaban J connectivity index is 2.50. The van der Waals surface area contributed by atoms with Gasteiger partial charge in [0.2, 0.25) is 0 Å². The first-order valence-corrected chi connectivity index (χ1v) is 7.65. The summed E-state index contributed by atoms with van der Waals surface area (Å²) in [5.74, 6) is 0. The highest BCUT2D eigenvalue weighted by atomic mass is 32.2. The molecule has 0 amide bonds. The summed E-state index contributed by atoms with van der Waals surface area (Å²) < 4.78 is 26.5. The number of anilines is 2. The van der Waals surface area contributed by atoms with E-state index in [-0.39, 0.29) is 4.90 Å². The molecule has 2 aromatic rings. The molecule has 2 N–H and O–H groups in total. The molecule has 0 saturated carbocycles. The molecule has 21 heavy (non-hydrogen) atoms. The number of benzene rings is 2. The van der Waals surface area contributed by atoms with Gasteiger partial charge in [-0.05, 0) is 48.9 Å². The van der Waals surface area contributed by atoms with Gasteiger partial charge < -0.3 is 5.73 Å². The fourth-order valence-corrected chi connectivity index (χ4v) is 3.41. The van der Waals surface area contributed by atoms with Crippen molar-refractivity contribution in [3.8, 4) is 6.07 Å². The minimum atomic E-state index is -3.70. The molecular weight excluding hydrogens is 286 g/mol. The van der Waals surface area contributed by atoms with E-state index in [9.17, 15) is 8.42 Å². The van der Waals surface area contributed by atoms with Crippen LogP contribution in [0.3, 0.4) is 0 Å². The molecule has 0 aliphatic rings. The van der Waals surface area contributed by atoms with E-state index in [4.69, 9.17) is 11.0 Å². The fourth-order valence-electron chi connectivity index (χ4n) is 2.02. The third-order valence-corrected chi connectivity index (χ3v) is 5.12. The molecule has 0 saturated heterocycles. The lowest BCUT2D eigenvalue weighted by Crippen LogP contribution is -2.27. The molecule has 0 spiro atoms. The van der Waals surface area contributed by atoms with Gasteiger partial charge in [0.15, 0.2) is 0 Å². The van der Waals surface area contributed by atoms with Gasteiger partial charge in [-0.1, -0.05) is 6.07 Å². The zero-order valence-electron chi connectivity index (χ0n) is 11.7. The van der Waals surface area contributed by atoms with Crippen LogP contribution in [0, 0.1) is 18.3 Å². The lowest BCUT2D eigenvalue weighted by molar-refractivity contribution is 0.594. The minimum absolute atomic E-state index is 0.196. The van der Waals surface area contributed by atoms with Gasteiger partial charge in [-0.15, -0.1) is 0 Å². The van der Waals surface area contributed by atoms with Gasteiger partial charge in [0.1, 0.15) is 0 Å². The monoisotopic (exact) mass is 301 g/mol. The van der Waals surface area contributed by atoms with Crippen LogP contribution in [-0.2, 0) is 10.0 Å². The number of hydrogen-bond donors (Lipinski definition) is 1. The van der Waals surface area contributed by atoms with Crippen LogP contribution in [-0.4, -0.2) is 15.5 Å². The summed E-state index contributed by atoms with van der Waals surface area (Å²) >= 11 is 0. The SMILES string of the molecule is Cc1cc(N)ccc1S(=O)(=O)N(C)c1cccc(C#N)c1.